The molecule has 4 nitrogen and oxygen atoms in total. The number of hydrogen-bond acceptors (Lipinski definition) is 4. The third-order valence-corrected chi connectivity index (χ3v) is 5.38. The third kappa shape index (κ3) is 4.99. The number of rotatable bonds is 4. The molecule has 3 heterocycles. The van der Waals surface area contributed by atoms with Crippen molar-refractivity contribution in [3.63, 3.8) is 0 Å². The lowest BCUT2D eigenvalue weighted by molar-refractivity contribution is 0.283. The molecule has 138 valence electrons. The van der Waals surface area contributed by atoms with Crippen LogP contribution in [0.5, 0.6) is 0 Å². The maximum absolute atomic E-state index is 4.71. The number of quaternary nitrogens is 1. The summed E-state index contributed by atoms with van der Waals surface area (Å²) in [4.78, 5) is 9.23. The SMILES string of the molecule is Br.Br.Br.C1=Nc2ccccc2[N+]1(Cc1cscn1)CC1CCNCC1. The third-order valence-electron chi connectivity index (χ3n) is 4.75. The van der Waals surface area contributed by atoms with Gasteiger partial charge in [0.25, 0.3) is 0 Å². The maximum Gasteiger partial charge on any atom is 0.196 e. The van der Waals surface area contributed by atoms with Gasteiger partial charge in [0.1, 0.15) is 17.9 Å². The highest BCUT2D eigenvalue weighted by molar-refractivity contribution is 8.93. The summed E-state index contributed by atoms with van der Waals surface area (Å²) >= 11 is 1.67. The number of piperidine rings is 1. The van der Waals surface area contributed by atoms with Gasteiger partial charge >= 0.3 is 0 Å². The first-order chi connectivity index (χ1) is 10.9. The van der Waals surface area contributed by atoms with Crippen molar-refractivity contribution in [2.24, 2.45) is 10.9 Å². The van der Waals surface area contributed by atoms with E-state index in [1.807, 2.05) is 5.51 Å². The van der Waals surface area contributed by atoms with Gasteiger partial charge in [-0.1, -0.05) is 12.1 Å². The molecule has 1 unspecified atom stereocenters. The normalized spacial score (nSPS) is 21.6. The van der Waals surface area contributed by atoms with Crippen molar-refractivity contribution >= 4 is 80.0 Å². The van der Waals surface area contributed by atoms with Crippen LogP contribution in [-0.2, 0) is 6.54 Å². The van der Waals surface area contributed by atoms with Crippen LogP contribution in [0.2, 0.25) is 0 Å². The predicted octanol–water partition coefficient (Wildman–Crippen LogP) is 5.06. The Morgan fingerprint density at radius 3 is 2.60 bits per heavy atom. The van der Waals surface area contributed by atoms with Crippen LogP contribution in [0.25, 0.3) is 0 Å². The molecule has 0 spiro atoms. The summed E-state index contributed by atoms with van der Waals surface area (Å²) in [7, 11) is 0. The van der Waals surface area contributed by atoms with Crippen molar-refractivity contribution in [2.75, 3.05) is 19.6 Å². The van der Waals surface area contributed by atoms with Gasteiger partial charge in [0.05, 0.1) is 12.1 Å². The minimum atomic E-state index is 0. The zero-order valence-corrected chi connectivity index (χ0v) is 19.8. The fourth-order valence-corrected chi connectivity index (χ4v) is 4.20. The summed E-state index contributed by atoms with van der Waals surface area (Å²) in [6.45, 7) is 4.31. The number of hydrogen-bond donors (Lipinski definition) is 1. The van der Waals surface area contributed by atoms with Gasteiger partial charge in [-0.05, 0) is 32.0 Å². The second-order valence-electron chi connectivity index (χ2n) is 6.28. The lowest BCUT2D eigenvalue weighted by Crippen LogP contribution is -2.50. The van der Waals surface area contributed by atoms with Gasteiger partial charge in [-0.3, -0.25) is 0 Å². The van der Waals surface area contributed by atoms with Gasteiger partial charge in [-0.2, -0.15) is 4.99 Å². The Labute approximate surface area is 184 Å². The van der Waals surface area contributed by atoms with Crippen LogP contribution < -0.4 is 9.80 Å². The van der Waals surface area contributed by atoms with Crippen molar-refractivity contribution in [1.82, 2.24) is 14.8 Å². The summed E-state index contributed by atoms with van der Waals surface area (Å²) < 4.78 is 0.824. The zero-order valence-electron chi connectivity index (χ0n) is 13.8. The second kappa shape index (κ2) is 10.3. The number of thiazole rings is 1. The van der Waals surface area contributed by atoms with Gasteiger partial charge in [-0.15, -0.1) is 62.3 Å². The largest absolute Gasteiger partial charge is 0.317 e. The fourth-order valence-electron chi connectivity index (χ4n) is 3.65. The summed E-state index contributed by atoms with van der Waals surface area (Å²) in [5, 5.41) is 5.63. The highest BCUT2D eigenvalue weighted by Gasteiger charge is 2.39. The average molecular weight is 556 g/mol. The van der Waals surface area contributed by atoms with E-state index >= 15 is 0 Å². The molecular weight excluding hydrogens is 532 g/mol. The summed E-state index contributed by atoms with van der Waals surface area (Å²) in [6, 6.07) is 8.55. The summed E-state index contributed by atoms with van der Waals surface area (Å²) in [5.74, 6) is 0.748. The molecule has 0 amide bonds. The quantitative estimate of drug-likeness (QED) is 0.536. The fraction of sp³-hybridized carbons (Fsp3) is 0.412. The van der Waals surface area contributed by atoms with Gasteiger partial charge < -0.3 is 5.32 Å². The molecule has 1 N–H and O–H groups in total. The Bertz CT molecular complexity index is 674. The van der Waals surface area contributed by atoms with Crippen LogP contribution in [0, 0.1) is 5.92 Å². The number of aliphatic imine (C=N–C) groups is 1. The second-order valence-corrected chi connectivity index (χ2v) is 7.00. The molecule has 1 fully saturated rings. The van der Waals surface area contributed by atoms with Crippen LogP contribution >= 0.6 is 62.3 Å². The van der Waals surface area contributed by atoms with Crippen LogP contribution in [0.4, 0.5) is 11.4 Å². The minimum absolute atomic E-state index is 0. The first-order valence-corrected chi connectivity index (χ1v) is 8.89. The van der Waals surface area contributed by atoms with Gasteiger partial charge in [0, 0.05) is 17.4 Å². The van der Waals surface area contributed by atoms with Crippen molar-refractivity contribution in [2.45, 2.75) is 19.4 Å². The summed E-state index contributed by atoms with van der Waals surface area (Å²) in [6.07, 6.45) is 4.66. The van der Waals surface area contributed by atoms with E-state index in [2.05, 4.69) is 46.3 Å². The maximum atomic E-state index is 4.71. The molecule has 2 aliphatic heterocycles. The van der Waals surface area contributed by atoms with Crippen LogP contribution in [-0.4, -0.2) is 31.0 Å². The topological polar surface area (TPSA) is 37.3 Å². The molecule has 0 bridgehead atoms. The lowest BCUT2D eigenvalue weighted by Gasteiger charge is -2.35. The average Bonchev–Trinajstić information content (AvgIpc) is 3.18. The molecule has 1 saturated heterocycles. The molecule has 25 heavy (non-hydrogen) atoms. The molecule has 1 aromatic carbocycles. The first-order valence-electron chi connectivity index (χ1n) is 7.95. The van der Waals surface area contributed by atoms with E-state index in [-0.39, 0.29) is 50.9 Å². The number of para-hydroxylation sites is 2. The molecule has 4 rings (SSSR count). The molecule has 1 atom stereocenters. The lowest BCUT2D eigenvalue weighted by atomic mass is 9.96. The van der Waals surface area contributed by atoms with Crippen molar-refractivity contribution in [3.05, 3.63) is 40.8 Å². The molecule has 1 aromatic heterocycles. The van der Waals surface area contributed by atoms with Crippen molar-refractivity contribution in [1.29, 1.82) is 0 Å². The van der Waals surface area contributed by atoms with E-state index in [1.54, 1.807) is 11.3 Å². The zero-order chi connectivity index (χ0) is 14.8. The number of fused-ring (bicyclic) bond motifs is 1. The first kappa shape index (κ1) is 22.9. The summed E-state index contributed by atoms with van der Waals surface area (Å²) in [5.41, 5.74) is 5.54. The highest BCUT2D eigenvalue weighted by Crippen LogP contribution is 2.40. The van der Waals surface area contributed by atoms with Gasteiger partial charge in [0.2, 0.25) is 0 Å². The Balaban J connectivity index is 0.00000104. The Morgan fingerprint density at radius 1 is 1.12 bits per heavy atom. The monoisotopic (exact) mass is 553 g/mol. The molecule has 2 aromatic rings. The van der Waals surface area contributed by atoms with E-state index < -0.39 is 0 Å². The Kier molecular flexibility index (Phi) is 9.42. The molecule has 0 radical (unpaired) electrons. The number of halogens is 3. The Morgan fingerprint density at radius 2 is 1.88 bits per heavy atom. The van der Waals surface area contributed by atoms with Gasteiger partial charge in [0.15, 0.2) is 12.0 Å². The molecule has 2 aliphatic rings. The molecule has 0 saturated carbocycles. The number of nitrogens with one attached hydrogen (secondary N) is 1. The van der Waals surface area contributed by atoms with Gasteiger partial charge in [-0.25, -0.2) is 9.47 Å². The van der Waals surface area contributed by atoms with Crippen molar-refractivity contribution < 1.29 is 0 Å². The number of aromatic nitrogens is 1. The minimum Gasteiger partial charge on any atom is -0.317 e. The van der Waals surface area contributed by atoms with Crippen LogP contribution in [0.1, 0.15) is 18.5 Å². The number of benzene rings is 1. The van der Waals surface area contributed by atoms with Crippen LogP contribution in [0.3, 0.4) is 0 Å². The van der Waals surface area contributed by atoms with Crippen LogP contribution in [0.15, 0.2) is 40.1 Å². The Hall–Kier alpha value is -0.120. The molecular formula is C17H24Br3N4S+. The number of nitrogens with zero attached hydrogens (tertiary/aromatic N) is 3. The standard InChI is InChI=1S/C17H21N4S.3BrH/c1-2-4-17-16(3-1)19-12-21(17,10-15-11-22-13-20-15)9-14-5-7-18-8-6-14;;;/h1-4,11-14,18H,5-10H2;3*1H/q+1;;;. The molecule has 0 aliphatic carbocycles. The van der Waals surface area contributed by atoms with E-state index in [9.17, 15) is 0 Å². The smallest absolute Gasteiger partial charge is 0.196 e. The predicted molar refractivity (Wildman–Crippen MR) is 124 cm³/mol. The van der Waals surface area contributed by atoms with E-state index in [0.29, 0.717) is 0 Å². The van der Waals surface area contributed by atoms with Crippen molar-refractivity contribution in [3.8, 4) is 0 Å². The molecule has 8 heteroatoms. The van der Waals surface area contributed by atoms with E-state index in [1.165, 1.54) is 24.2 Å². The van der Waals surface area contributed by atoms with E-state index in [0.717, 1.165) is 42.3 Å². The highest BCUT2D eigenvalue weighted by atomic mass is 79.9. The van der Waals surface area contributed by atoms with E-state index in [4.69, 9.17) is 4.99 Å².